The molecule has 0 saturated heterocycles. The summed E-state index contributed by atoms with van der Waals surface area (Å²) in [5.74, 6) is -0.653. The molecule has 0 aromatic rings. The molecule has 0 heterocycles. The first-order chi connectivity index (χ1) is 14.0. The minimum atomic E-state index is -0.653. The molecule has 30 heavy (non-hydrogen) atoms. The Bertz CT molecular complexity index is 249. The van der Waals surface area contributed by atoms with Gasteiger partial charge in [-0.05, 0) is 27.2 Å². The predicted molar refractivity (Wildman–Crippen MR) is 125 cm³/mol. The van der Waals surface area contributed by atoms with Crippen molar-refractivity contribution in [3.63, 3.8) is 0 Å². The molecule has 0 unspecified atom stereocenters. The van der Waals surface area contributed by atoms with E-state index in [1.54, 1.807) is 20.8 Å². The van der Waals surface area contributed by atoms with Gasteiger partial charge in [-0.25, -0.2) is 0 Å². The van der Waals surface area contributed by atoms with E-state index < -0.39 is 5.97 Å². The molecule has 0 aromatic heterocycles. The van der Waals surface area contributed by atoms with Crippen molar-refractivity contribution in [1.82, 2.24) is 0 Å². The monoisotopic (exact) mass is 512 g/mol. The van der Waals surface area contributed by atoms with Gasteiger partial charge in [0.15, 0.2) is 0 Å². The maximum Gasteiger partial charge on any atom is 0.303 e. The number of aliphatic hydroxyl groups excluding tert-OH is 3. The van der Waals surface area contributed by atoms with Crippen LogP contribution >= 0.6 is 0 Å². The third kappa shape index (κ3) is 70.5. The zero-order valence-electron chi connectivity index (χ0n) is 20.6. The summed E-state index contributed by atoms with van der Waals surface area (Å²) in [4.78, 5) is 10.3. The molecule has 0 radical (unpaired) electrons. The van der Waals surface area contributed by atoms with Gasteiger partial charge in [-0.2, -0.15) is 0 Å². The molecule has 0 amide bonds. The Kier molecular flexibility index (Phi) is 63.8. The van der Waals surface area contributed by atoms with E-state index in [0.717, 1.165) is 12.8 Å². The van der Waals surface area contributed by atoms with Crippen LogP contribution in [-0.2, 0) is 31.0 Å². The molecule has 0 spiro atoms. The summed E-state index contributed by atoms with van der Waals surface area (Å²) in [6, 6.07) is 0. The second kappa shape index (κ2) is 47.1. The molecule has 0 aliphatic carbocycles. The van der Waals surface area contributed by atoms with E-state index in [-0.39, 0.29) is 46.0 Å². The first kappa shape index (κ1) is 40.6. The molecule has 5 nitrogen and oxygen atoms in total. The Morgan fingerprint density at radius 1 is 0.500 bits per heavy atom. The zero-order chi connectivity index (χ0) is 23.0. The van der Waals surface area contributed by atoms with E-state index >= 15 is 0 Å². The largest absolute Gasteiger partial charge is 0.481 e. The van der Waals surface area contributed by atoms with E-state index in [1.165, 1.54) is 83.5 Å². The molecule has 0 atom stereocenters. The molecule has 0 fully saturated rings. The first-order valence-corrected chi connectivity index (χ1v) is 12.1. The molecule has 0 aromatic carbocycles. The van der Waals surface area contributed by atoms with Gasteiger partial charge >= 0.3 is 5.97 Å². The Hall–Kier alpha value is 0.233. The summed E-state index contributed by atoms with van der Waals surface area (Å²) < 4.78 is 0. The van der Waals surface area contributed by atoms with Crippen molar-refractivity contribution < 1.29 is 51.4 Å². The number of hydrogen-bond acceptors (Lipinski definition) is 4. The number of rotatable bonds is 16. The maximum atomic E-state index is 10.3. The SMILES string of the molecule is CCCCCCCCCCCCCCCCCC(=O)O.CCO.CCO.CCO.[Zr]. The van der Waals surface area contributed by atoms with E-state index in [4.69, 9.17) is 20.4 Å². The molecule has 0 bridgehead atoms. The average molecular weight is 514 g/mol. The number of aliphatic hydroxyl groups is 3. The second-order valence-corrected chi connectivity index (χ2v) is 7.04. The summed E-state index contributed by atoms with van der Waals surface area (Å²) in [5, 5.41) is 31.2. The number of carbonyl (C=O) groups is 1. The molecule has 6 heteroatoms. The molecule has 0 aliphatic rings. The van der Waals surface area contributed by atoms with E-state index in [2.05, 4.69) is 6.92 Å². The molecule has 0 rings (SSSR count). The summed E-state index contributed by atoms with van der Waals surface area (Å²) >= 11 is 0. The van der Waals surface area contributed by atoms with Crippen molar-refractivity contribution in [1.29, 1.82) is 0 Å². The number of carboxylic acids is 1. The fourth-order valence-corrected chi connectivity index (χ4v) is 2.65. The standard InChI is InChI=1S/C18H36O2.3C2H6O.Zr/c1-2-3-4-5-6-7-8-9-10-11-12-13-14-15-16-17-18(19)20;3*1-2-3;/h2-17H2,1H3,(H,19,20);3*3H,2H2,1H3;. The zero-order valence-corrected chi connectivity index (χ0v) is 23.1. The van der Waals surface area contributed by atoms with Gasteiger partial charge in [-0.3, -0.25) is 4.79 Å². The van der Waals surface area contributed by atoms with Crippen molar-refractivity contribution in [3.05, 3.63) is 0 Å². The van der Waals surface area contributed by atoms with Gasteiger partial charge in [0.25, 0.3) is 0 Å². The van der Waals surface area contributed by atoms with Gasteiger partial charge in [-0.15, -0.1) is 0 Å². The van der Waals surface area contributed by atoms with Gasteiger partial charge in [0, 0.05) is 52.4 Å². The average Bonchev–Trinajstić information content (AvgIpc) is 2.66. The van der Waals surface area contributed by atoms with Gasteiger partial charge in [0.05, 0.1) is 0 Å². The summed E-state index contributed by atoms with van der Waals surface area (Å²) in [5.41, 5.74) is 0. The fraction of sp³-hybridized carbons (Fsp3) is 0.958. The van der Waals surface area contributed by atoms with Crippen LogP contribution in [-0.4, -0.2) is 46.2 Å². The molecular weight excluding hydrogens is 459 g/mol. The predicted octanol–water partition coefficient (Wildman–Crippen LogP) is 6.33. The van der Waals surface area contributed by atoms with Crippen LogP contribution in [0.4, 0.5) is 0 Å². The van der Waals surface area contributed by atoms with Gasteiger partial charge in [0.1, 0.15) is 0 Å². The van der Waals surface area contributed by atoms with Gasteiger partial charge in [0.2, 0.25) is 0 Å². The minimum Gasteiger partial charge on any atom is -0.481 e. The summed E-state index contributed by atoms with van der Waals surface area (Å²) in [6.07, 6.45) is 20.2. The maximum absolute atomic E-state index is 10.3. The first-order valence-electron chi connectivity index (χ1n) is 12.1. The van der Waals surface area contributed by atoms with Crippen molar-refractivity contribution in [3.8, 4) is 0 Å². The summed E-state index contributed by atoms with van der Waals surface area (Å²) in [7, 11) is 0. The number of hydrogen-bond donors (Lipinski definition) is 4. The second-order valence-electron chi connectivity index (χ2n) is 7.04. The third-order valence-corrected chi connectivity index (χ3v) is 3.99. The van der Waals surface area contributed by atoms with Crippen LogP contribution in [0.2, 0.25) is 0 Å². The Morgan fingerprint density at radius 2 is 0.700 bits per heavy atom. The van der Waals surface area contributed by atoms with Crippen molar-refractivity contribution in [2.45, 2.75) is 130 Å². The van der Waals surface area contributed by atoms with Crippen LogP contribution in [0, 0.1) is 0 Å². The number of aliphatic carboxylic acids is 1. The third-order valence-electron chi connectivity index (χ3n) is 3.99. The van der Waals surface area contributed by atoms with Crippen molar-refractivity contribution in [2.75, 3.05) is 19.8 Å². The van der Waals surface area contributed by atoms with Crippen LogP contribution in [0.5, 0.6) is 0 Å². The van der Waals surface area contributed by atoms with Crippen molar-refractivity contribution in [2.24, 2.45) is 0 Å². The Balaban J connectivity index is -0.000000177. The van der Waals surface area contributed by atoms with E-state index in [0.29, 0.717) is 6.42 Å². The minimum absolute atomic E-state index is 0. The van der Waals surface area contributed by atoms with Crippen LogP contribution in [0.25, 0.3) is 0 Å². The number of carboxylic acid groups (broad SMARTS) is 1. The molecule has 4 N–H and O–H groups in total. The van der Waals surface area contributed by atoms with Crippen molar-refractivity contribution >= 4 is 5.97 Å². The van der Waals surface area contributed by atoms with E-state index in [9.17, 15) is 4.79 Å². The number of unbranched alkanes of at least 4 members (excludes halogenated alkanes) is 14. The van der Waals surface area contributed by atoms with Gasteiger partial charge < -0.3 is 20.4 Å². The van der Waals surface area contributed by atoms with Crippen LogP contribution in [0.3, 0.4) is 0 Å². The molecule has 0 saturated carbocycles. The molecule has 0 aliphatic heterocycles. The normalized spacial score (nSPS) is 9.03. The summed E-state index contributed by atoms with van der Waals surface area (Å²) in [6.45, 7) is 8.06. The van der Waals surface area contributed by atoms with Crippen LogP contribution in [0.15, 0.2) is 0 Å². The van der Waals surface area contributed by atoms with Crippen LogP contribution in [0.1, 0.15) is 130 Å². The molecular formula is C24H54O5Zr. The van der Waals surface area contributed by atoms with Crippen LogP contribution < -0.4 is 0 Å². The topological polar surface area (TPSA) is 98.0 Å². The molecule has 184 valence electrons. The fourth-order valence-electron chi connectivity index (χ4n) is 2.65. The smallest absolute Gasteiger partial charge is 0.303 e. The van der Waals surface area contributed by atoms with E-state index in [1.807, 2.05) is 0 Å². The Labute approximate surface area is 207 Å². The quantitative estimate of drug-likeness (QED) is 0.181. The van der Waals surface area contributed by atoms with Gasteiger partial charge in [-0.1, -0.05) is 96.8 Å². The Morgan fingerprint density at radius 3 is 0.900 bits per heavy atom.